The van der Waals surface area contributed by atoms with Gasteiger partial charge in [-0.3, -0.25) is 0 Å². The fraction of sp³-hybridized carbons (Fsp3) is 0. The van der Waals surface area contributed by atoms with Crippen LogP contribution in [0.4, 0.5) is 0 Å². The van der Waals surface area contributed by atoms with Gasteiger partial charge in [0.15, 0.2) is 17.4 Å². The summed E-state index contributed by atoms with van der Waals surface area (Å²) >= 11 is 0. The van der Waals surface area contributed by atoms with Crippen LogP contribution in [0.3, 0.4) is 0 Å². The molecule has 0 bridgehead atoms. The van der Waals surface area contributed by atoms with Gasteiger partial charge in [-0.25, -0.2) is 9.13 Å². The molecule has 0 amide bonds. The first kappa shape index (κ1) is 18.6. The maximum absolute atomic E-state index is 9.63. The van der Waals surface area contributed by atoms with Crippen LogP contribution in [0, 0.1) is 0 Å². The summed E-state index contributed by atoms with van der Waals surface area (Å²) in [5.74, 6) is 0. The number of phosphoric acid groups is 2. The quantitative estimate of drug-likeness (QED) is 0.303. The molecule has 0 aliphatic heterocycles. The van der Waals surface area contributed by atoms with Gasteiger partial charge < -0.3 is 19.6 Å². The Morgan fingerprint density at radius 3 is 1.09 bits per heavy atom. The van der Waals surface area contributed by atoms with Crippen molar-refractivity contribution in [3.63, 3.8) is 0 Å². The van der Waals surface area contributed by atoms with E-state index >= 15 is 0 Å². The third-order valence-corrected chi connectivity index (χ3v) is 1.91. The summed E-state index contributed by atoms with van der Waals surface area (Å²) in [6.45, 7) is 0. The summed E-state index contributed by atoms with van der Waals surface area (Å²) in [5.41, 5.74) is 0. The van der Waals surface area contributed by atoms with Crippen molar-refractivity contribution in [2.45, 2.75) is 0 Å². The first-order valence-corrected chi connectivity index (χ1v) is 4.59. The molecule has 0 aromatic rings. The Balaban J connectivity index is -0.000000320. The van der Waals surface area contributed by atoms with Crippen molar-refractivity contribution in [1.82, 2.24) is 0 Å². The van der Waals surface area contributed by atoms with Crippen molar-refractivity contribution in [3.8, 4) is 0 Å². The van der Waals surface area contributed by atoms with Gasteiger partial charge in [-0.15, -0.1) is 0 Å². The van der Waals surface area contributed by atoms with Gasteiger partial charge in [-0.05, 0) is 0 Å². The second kappa shape index (κ2) is 6.28. The van der Waals surface area contributed by atoms with E-state index in [9.17, 15) is 9.13 Å². The molecule has 4 N–H and O–H groups in total. The van der Waals surface area contributed by atoms with Crippen LogP contribution in [0.5, 0.6) is 0 Å². The zero-order chi connectivity index (χ0) is 7.71. The van der Waals surface area contributed by atoms with Crippen molar-refractivity contribution >= 4 is 62.6 Å². The second-order valence-corrected chi connectivity index (χ2v) is 3.68. The Kier molecular flexibility index (Phi) is 10.6. The van der Waals surface area contributed by atoms with Gasteiger partial charge in [0.05, 0.1) is 0 Å². The van der Waals surface area contributed by atoms with Crippen LogP contribution >= 0.6 is 15.6 Å². The first-order chi connectivity index (χ1) is 3.71. The minimum atomic E-state index is -5.05. The summed E-state index contributed by atoms with van der Waals surface area (Å²) in [5, 5.41) is 0. The van der Waals surface area contributed by atoms with E-state index in [-0.39, 0.29) is 46.9 Å². The van der Waals surface area contributed by atoms with E-state index in [1.165, 1.54) is 0 Å². The Bertz CT molecular complexity index is 157. The number of hydrogen-bond donors (Lipinski definition) is 4. The molecule has 0 fully saturated rings. The van der Waals surface area contributed by atoms with Crippen LogP contribution < -0.4 is 0 Å². The zero-order valence-corrected chi connectivity index (χ0v) is 5.70. The topological polar surface area (TPSA) is 124 Å². The average molecular weight is 232 g/mol. The third kappa shape index (κ3) is 18.6. The fourth-order valence-electron chi connectivity index (χ4n) is 0.139. The molecule has 0 radical (unpaired) electrons. The molecule has 11 heavy (non-hydrogen) atoms. The predicted octanol–water partition coefficient (Wildman–Crippen LogP) is -2.64. The summed E-state index contributed by atoms with van der Waals surface area (Å²) in [7, 11) is -10.1. The van der Waals surface area contributed by atoms with Crippen LogP contribution in [0.1, 0.15) is 0 Å². The van der Waals surface area contributed by atoms with Crippen LogP contribution in [-0.2, 0) is 13.4 Å². The normalized spacial score (nSPS) is 11.3. The summed E-state index contributed by atoms with van der Waals surface area (Å²) in [6.07, 6.45) is 0. The van der Waals surface area contributed by atoms with Gasteiger partial charge in [0.25, 0.3) is 0 Å². The third-order valence-electron chi connectivity index (χ3n) is 0.213. The van der Waals surface area contributed by atoms with E-state index < -0.39 is 15.6 Å². The van der Waals surface area contributed by atoms with Crippen LogP contribution in [0.15, 0.2) is 0 Å². The number of rotatable bonds is 2. The van der Waals surface area contributed by atoms with E-state index in [0.717, 1.165) is 0 Å². The predicted molar refractivity (Wildman–Crippen MR) is 42.3 cm³/mol. The van der Waals surface area contributed by atoms with Crippen molar-refractivity contribution in [1.29, 1.82) is 0 Å². The second-order valence-electron chi connectivity index (χ2n) is 1.06. The van der Waals surface area contributed by atoms with E-state index in [2.05, 4.69) is 4.31 Å². The van der Waals surface area contributed by atoms with Gasteiger partial charge in [0, 0.05) is 0 Å². The molecule has 0 aromatic heterocycles. The van der Waals surface area contributed by atoms with E-state index in [0.29, 0.717) is 0 Å². The van der Waals surface area contributed by atoms with Gasteiger partial charge in [-0.2, -0.15) is 4.31 Å². The Morgan fingerprint density at radius 1 is 0.909 bits per heavy atom. The van der Waals surface area contributed by atoms with E-state index in [1.54, 1.807) is 0 Å². The van der Waals surface area contributed by atoms with Crippen molar-refractivity contribution in [2.75, 3.05) is 0 Å². The molecule has 0 saturated carbocycles. The number of hydrogen-bond acceptors (Lipinski definition) is 3. The van der Waals surface area contributed by atoms with Crippen LogP contribution in [-0.4, -0.2) is 66.5 Å². The Hall–Kier alpha value is 1.79. The minimum absolute atomic E-state index is 0. The van der Waals surface area contributed by atoms with E-state index in [4.69, 9.17) is 19.6 Å². The standard InChI is InChI=1S/Al.Na.H4O7P2.4H/c;;1-8(2,3)7-9(4,5)6;;;;/h;;(H2,1,2,3)(H2,4,5,6);;;;. The van der Waals surface area contributed by atoms with Crippen LogP contribution in [0.25, 0.3) is 0 Å². The molecule has 0 rings (SSSR count). The van der Waals surface area contributed by atoms with Gasteiger partial charge in [0.2, 0.25) is 0 Å². The first-order valence-electron chi connectivity index (χ1n) is 1.53. The molecule has 11 heteroatoms. The summed E-state index contributed by atoms with van der Waals surface area (Å²) < 4.78 is 22.2. The van der Waals surface area contributed by atoms with Crippen molar-refractivity contribution in [3.05, 3.63) is 0 Å². The molecule has 0 saturated heterocycles. The zero-order valence-electron chi connectivity index (χ0n) is 3.91. The average Bonchev–Trinajstić information content (AvgIpc) is 1.14. The molecule has 0 aliphatic carbocycles. The van der Waals surface area contributed by atoms with Crippen LogP contribution in [0.2, 0.25) is 0 Å². The monoisotopic (exact) mass is 232 g/mol. The Labute approximate surface area is 95.1 Å². The molecular formula is H8AlNaO7P2. The summed E-state index contributed by atoms with van der Waals surface area (Å²) in [4.78, 5) is 31.0. The Morgan fingerprint density at radius 2 is 1.09 bits per heavy atom. The van der Waals surface area contributed by atoms with Gasteiger partial charge in [-0.1, -0.05) is 0 Å². The molecule has 0 aliphatic rings. The molecule has 0 heterocycles. The molecule has 0 atom stereocenters. The molecular weight excluding hydrogens is 224 g/mol. The van der Waals surface area contributed by atoms with E-state index in [1.807, 2.05) is 0 Å². The van der Waals surface area contributed by atoms with Gasteiger partial charge in [0.1, 0.15) is 0 Å². The maximum atomic E-state index is 9.63. The fourth-order valence-corrected chi connectivity index (χ4v) is 1.25. The van der Waals surface area contributed by atoms with Crippen molar-refractivity contribution < 1.29 is 33.0 Å². The SMILES string of the molecule is O=P(O)(O)OP(=O)(O)O.[AlH3].[NaH]. The van der Waals surface area contributed by atoms with Crippen molar-refractivity contribution in [2.24, 2.45) is 0 Å². The molecule has 7 nitrogen and oxygen atoms in total. The summed E-state index contributed by atoms with van der Waals surface area (Å²) in [6, 6.07) is 0. The molecule has 64 valence electrons. The molecule has 0 spiro atoms. The molecule has 0 aromatic carbocycles. The van der Waals surface area contributed by atoms with Gasteiger partial charge >= 0.3 is 45.2 Å². The molecule has 0 unspecified atom stereocenters.